The number of benzene rings is 1. The summed E-state index contributed by atoms with van der Waals surface area (Å²) < 4.78 is 28.6. The third kappa shape index (κ3) is 3.81. The van der Waals surface area contributed by atoms with Crippen LogP contribution in [0.25, 0.3) is 0 Å². The van der Waals surface area contributed by atoms with Gasteiger partial charge in [-0.25, -0.2) is 8.96 Å². The van der Waals surface area contributed by atoms with E-state index < -0.39 is 19.9 Å². The summed E-state index contributed by atoms with van der Waals surface area (Å²) in [6.45, 7) is 0. The molecule has 0 fully saturated rings. The number of rotatable bonds is 4. The van der Waals surface area contributed by atoms with Gasteiger partial charge in [0.2, 0.25) is 6.17 Å². The molecule has 0 aromatic heterocycles. The van der Waals surface area contributed by atoms with Gasteiger partial charge in [-0.05, 0) is 6.07 Å². The van der Waals surface area contributed by atoms with Gasteiger partial charge in [0.05, 0.1) is 0 Å². The smallest absolute Gasteiger partial charge is 0.404 e. The van der Waals surface area contributed by atoms with Crippen LogP contribution in [0.1, 0.15) is 11.7 Å². The van der Waals surface area contributed by atoms with Crippen molar-refractivity contribution in [1.82, 2.24) is 5.32 Å². The van der Waals surface area contributed by atoms with Crippen LogP contribution in [0.4, 0.5) is 4.39 Å². The lowest BCUT2D eigenvalue weighted by atomic mass is 10.1. The molecule has 0 aliphatic carbocycles. The van der Waals surface area contributed by atoms with Gasteiger partial charge in [-0.2, -0.15) is 0 Å². The fraction of sp³-hybridized carbons (Fsp3) is 0.222. The normalized spacial score (nSPS) is 12.9. The van der Waals surface area contributed by atoms with Gasteiger partial charge in [-0.3, -0.25) is 14.6 Å². The molecule has 1 amide bonds. The molecule has 0 radical (unpaired) electrons. The van der Waals surface area contributed by atoms with Gasteiger partial charge in [0, 0.05) is 12.6 Å². The van der Waals surface area contributed by atoms with Crippen LogP contribution in [0.3, 0.4) is 0 Å². The van der Waals surface area contributed by atoms with E-state index in [0.717, 1.165) is 0 Å². The van der Waals surface area contributed by atoms with E-state index in [9.17, 15) is 13.8 Å². The molecule has 94 valence electrons. The van der Waals surface area contributed by atoms with E-state index in [1.165, 1.54) is 31.3 Å². The highest BCUT2D eigenvalue weighted by atomic mass is 31.2. The predicted molar refractivity (Wildman–Crippen MR) is 57.0 cm³/mol. The largest absolute Gasteiger partial charge is 0.524 e. The van der Waals surface area contributed by atoms with Crippen LogP contribution >= 0.6 is 7.82 Å². The molecule has 8 heteroatoms. The van der Waals surface area contributed by atoms with Gasteiger partial charge in [-0.15, -0.1) is 0 Å². The quantitative estimate of drug-likeness (QED) is 0.702. The molecule has 0 spiro atoms. The number of carbonyl (C=O) groups is 1. The van der Waals surface area contributed by atoms with Crippen LogP contribution in [-0.4, -0.2) is 22.7 Å². The molecule has 6 nitrogen and oxygen atoms in total. The molecule has 0 bridgehead atoms. The molecule has 1 aromatic rings. The first-order chi connectivity index (χ1) is 7.85. The van der Waals surface area contributed by atoms with Gasteiger partial charge >= 0.3 is 7.82 Å². The zero-order chi connectivity index (χ0) is 13.1. The van der Waals surface area contributed by atoms with E-state index in [4.69, 9.17) is 9.79 Å². The number of hydrogen-bond acceptors (Lipinski definition) is 3. The molecule has 1 unspecified atom stereocenters. The van der Waals surface area contributed by atoms with Crippen molar-refractivity contribution in [2.75, 3.05) is 7.05 Å². The van der Waals surface area contributed by atoms with E-state index in [0.29, 0.717) is 0 Å². The minimum absolute atomic E-state index is 0.241. The lowest BCUT2D eigenvalue weighted by molar-refractivity contribution is -0.125. The highest BCUT2D eigenvalue weighted by molar-refractivity contribution is 7.46. The maximum absolute atomic E-state index is 13.6. The van der Waals surface area contributed by atoms with E-state index in [2.05, 4.69) is 9.84 Å². The molecule has 3 N–H and O–H groups in total. The molecular weight excluding hydrogens is 252 g/mol. The van der Waals surface area contributed by atoms with Crippen LogP contribution in [0.5, 0.6) is 5.75 Å². The number of phosphoric ester groups is 1. The minimum atomic E-state index is -4.79. The second kappa shape index (κ2) is 5.27. The third-order valence-electron chi connectivity index (χ3n) is 1.89. The number of amides is 1. The zero-order valence-electron chi connectivity index (χ0n) is 8.83. The average Bonchev–Trinajstić information content (AvgIpc) is 2.25. The Morgan fingerprint density at radius 3 is 2.59 bits per heavy atom. The summed E-state index contributed by atoms with van der Waals surface area (Å²) in [6, 6.07) is 5.22. The number of para-hydroxylation sites is 1. The van der Waals surface area contributed by atoms with E-state index in [-0.39, 0.29) is 11.3 Å². The Hall–Kier alpha value is -1.43. The fourth-order valence-corrected chi connectivity index (χ4v) is 1.59. The van der Waals surface area contributed by atoms with Gasteiger partial charge in [0.25, 0.3) is 5.91 Å². The lowest BCUT2D eigenvalue weighted by Gasteiger charge is -2.13. The van der Waals surface area contributed by atoms with Crippen molar-refractivity contribution in [2.45, 2.75) is 6.17 Å². The van der Waals surface area contributed by atoms with Crippen molar-refractivity contribution in [3.05, 3.63) is 29.8 Å². The molecule has 0 aliphatic heterocycles. The summed E-state index contributed by atoms with van der Waals surface area (Å²) in [6.07, 6.45) is -2.05. The van der Waals surface area contributed by atoms with Crippen LogP contribution in [-0.2, 0) is 9.36 Å². The van der Waals surface area contributed by atoms with Gasteiger partial charge in [-0.1, -0.05) is 18.2 Å². The molecule has 1 aromatic carbocycles. The second-order valence-corrected chi connectivity index (χ2v) is 4.26. The second-order valence-electron chi connectivity index (χ2n) is 3.10. The highest BCUT2D eigenvalue weighted by Crippen LogP contribution is 2.41. The topological polar surface area (TPSA) is 95.9 Å². The van der Waals surface area contributed by atoms with Crippen LogP contribution in [0.2, 0.25) is 0 Å². The zero-order valence-corrected chi connectivity index (χ0v) is 9.73. The first-order valence-electron chi connectivity index (χ1n) is 4.55. The Morgan fingerprint density at radius 2 is 2.06 bits per heavy atom. The number of carbonyl (C=O) groups excluding carboxylic acids is 1. The maximum atomic E-state index is 13.6. The number of halogens is 1. The third-order valence-corrected chi connectivity index (χ3v) is 2.32. The van der Waals surface area contributed by atoms with E-state index >= 15 is 0 Å². The number of likely N-dealkylation sites (N-methyl/N-ethyl adjacent to an activating group) is 1. The monoisotopic (exact) mass is 263 g/mol. The van der Waals surface area contributed by atoms with Gasteiger partial charge in [0.15, 0.2) is 0 Å². The molecule has 1 rings (SSSR count). The van der Waals surface area contributed by atoms with Crippen LogP contribution < -0.4 is 9.84 Å². The summed E-state index contributed by atoms with van der Waals surface area (Å²) in [5, 5.41) is 2.09. The lowest BCUT2D eigenvalue weighted by Crippen LogP contribution is -2.23. The molecule has 0 saturated heterocycles. The Kier molecular flexibility index (Phi) is 4.22. The first kappa shape index (κ1) is 13.6. The molecule has 0 aliphatic rings. The van der Waals surface area contributed by atoms with E-state index in [1.807, 2.05) is 0 Å². The number of phosphoric acid groups is 1. The van der Waals surface area contributed by atoms with Crippen LogP contribution in [0, 0.1) is 0 Å². The first-order valence-corrected chi connectivity index (χ1v) is 6.08. The number of alkyl halides is 1. The maximum Gasteiger partial charge on any atom is 0.524 e. The molecule has 0 heterocycles. The van der Waals surface area contributed by atoms with Crippen molar-refractivity contribution in [3.63, 3.8) is 0 Å². The Bertz CT molecular complexity index is 460. The van der Waals surface area contributed by atoms with Crippen molar-refractivity contribution in [1.29, 1.82) is 0 Å². The summed E-state index contributed by atoms with van der Waals surface area (Å²) >= 11 is 0. The van der Waals surface area contributed by atoms with Crippen molar-refractivity contribution >= 4 is 13.7 Å². The number of hydrogen-bond donors (Lipinski definition) is 3. The molecular formula is C9H11FNO5P. The summed E-state index contributed by atoms with van der Waals surface area (Å²) in [7, 11) is -3.54. The summed E-state index contributed by atoms with van der Waals surface area (Å²) in [5.41, 5.74) is -0.241. The van der Waals surface area contributed by atoms with Crippen LogP contribution in [0.15, 0.2) is 24.3 Å². The van der Waals surface area contributed by atoms with Gasteiger partial charge < -0.3 is 9.84 Å². The Morgan fingerprint density at radius 1 is 1.47 bits per heavy atom. The number of nitrogens with one attached hydrogen (secondary N) is 1. The van der Waals surface area contributed by atoms with Gasteiger partial charge in [0.1, 0.15) is 5.75 Å². The molecule has 1 atom stereocenters. The SMILES string of the molecule is CNC(=O)C(F)c1ccccc1OP(=O)(O)O. The summed E-state index contributed by atoms with van der Waals surface area (Å²) in [4.78, 5) is 28.4. The highest BCUT2D eigenvalue weighted by Gasteiger charge is 2.25. The van der Waals surface area contributed by atoms with Crippen molar-refractivity contribution in [3.8, 4) is 5.75 Å². The van der Waals surface area contributed by atoms with Crippen molar-refractivity contribution < 1.29 is 28.1 Å². The minimum Gasteiger partial charge on any atom is -0.404 e. The molecule has 0 saturated carbocycles. The van der Waals surface area contributed by atoms with Crippen molar-refractivity contribution in [2.24, 2.45) is 0 Å². The predicted octanol–water partition coefficient (Wildman–Crippen LogP) is 0.915. The van der Waals surface area contributed by atoms with E-state index in [1.54, 1.807) is 0 Å². The fourth-order valence-electron chi connectivity index (χ4n) is 1.17. The summed E-state index contributed by atoms with van der Waals surface area (Å²) in [5.74, 6) is -1.29. The molecule has 17 heavy (non-hydrogen) atoms. The Balaban J connectivity index is 3.08. The standard InChI is InChI=1S/C9H11FNO5P/c1-11-9(12)8(10)6-4-2-3-5-7(6)16-17(13,14)15/h2-5,8H,1H3,(H,11,12)(H2,13,14,15). The Labute approximate surface area is 96.7 Å². The average molecular weight is 263 g/mol.